The molecule has 1 nitrogen and oxygen atoms in total. The molecule has 0 aliphatic carbocycles. The largest absolute Gasteiger partial charge is 0.303 e. The van der Waals surface area contributed by atoms with Gasteiger partial charge in [0.25, 0.3) is 0 Å². The molecule has 0 aliphatic heterocycles. The second kappa shape index (κ2) is 14.4. The average Bonchev–Trinajstić information content (AvgIpc) is 2.33. The number of carbonyl (C=O) groups excluding carboxylic acids is 1. The predicted molar refractivity (Wildman–Crippen MR) is 63.5 cm³/mol. The van der Waals surface area contributed by atoms with E-state index in [2.05, 4.69) is 0 Å². The van der Waals surface area contributed by atoms with Crippen molar-refractivity contribution in [3.63, 3.8) is 0 Å². The Balaban J connectivity index is 0. The second-order valence-corrected chi connectivity index (χ2v) is 2.19. The number of benzene rings is 1. The van der Waals surface area contributed by atoms with Crippen LogP contribution in [0.25, 0.3) is 0 Å². The second-order valence-electron chi connectivity index (χ2n) is 2.19. The Morgan fingerprint density at radius 1 is 1.00 bits per heavy atom. The van der Waals surface area contributed by atoms with Gasteiger partial charge in [0.1, 0.15) is 6.29 Å². The summed E-state index contributed by atoms with van der Waals surface area (Å²) < 4.78 is 0. The van der Waals surface area contributed by atoms with Crippen LogP contribution in [0.1, 0.15) is 39.7 Å². The first kappa shape index (κ1) is 15.4. The van der Waals surface area contributed by atoms with Crippen molar-refractivity contribution in [1.29, 1.82) is 0 Å². The third-order valence-electron chi connectivity index (χ3n) is 1.39. The van der Waals surface area contributed by atoms with Gasteiger partial charge in [0.15, 0.2) is 0 Å². The first-order chi connectivity index (χ1) is 6.93. The highest BCUT2D eigenvalue weighted by Crippen LogP contribution is 2.00. The van der Waals surface area contributed by atoms with Gasteiger partial charge in [0.05, 0.1) is 0 Å². The summed E-state index contributed by atoms with van der Waals surface area (Å²) in [4.78, 5) is 9.98. The van der Waals surface area contributed by atoms with Crippen LogP contribution in [0.2, 0.25) is 0 Å². The fraction of sp³-hybridized carbons (Fsp3) is 0.462. The van der Waals surface area contributed by atoms with Crippen molar-refractivity contribution in [3.8, 4) is 0 Å². The van der Waals surface area contributed by atoms with E-state index in [9.17, 15) is 4.79 Å². The molecule has 0 atom stereocenters. The van der Waals surface area contributed by atoms with Gasteiger partial charge < -0.3 is 4.79 Å². The molecule has 0 N–H and O–H groups in total. The van der Waals surface area contributed by atoms with E-state index >= 15 is 0 Å². The van der Waals surface area contributed by atoms with Crippen molar-refractivity contribution in [2.75, 3.05) is 0 Å². The van der Waals surface area contributed by atoms with Crippen molar-refractivity contribution in [2.45, 2.75) is 40.5 Å². The Morgan fingerprint density at radius 3 is 1.93 bits per heavy atom. The minimum absolute atomic E-state index is 0.629. The Labute approximate surface area is 88.2 Å². The van der Waals surface area contributed by atoms with Gasteiger partial charge in [0.2, 0.25) is 0 Å². The number of carbonyl (C=O) groups is 1. The summed E-state index contributed by atoms with van der Waals surface area (Å²) in [6.45, 7) is 8.00. The van der Waals surface area contributed by atoms with Crippen molar-refractivity contribution in [3.05, 3.63) is 35.9 Å². The van der Waals surface area contributed by atoms with Gasteiger partial charge in [-0.25, -0.2) is 0 Å². The normalized spacial score (nSPS) is 7.43. The fourth-order valence-electron chi connectivity index (χ4n) is 0.870. The van der Waals surface area contributed by atoms with E-state index < -0.39 is 0 Å². The van der Waals surface area contributed by atoms with Crippen LogP contribution >= 0.6 is 0 Å². The first-order valence-electron chi connectivity index (χ1n) is 5.41. The lowest BCUT2D eigenvalue weighted by Crippen LogP contribution is -1.83. The Morgan fingerprint density at radius 2 is 1.50 bits per heavy atom. The van der Waals surface area contributed by atoms with E-state index in [1.165, 1.54) is 5.56 Å². The molecule has 0 radical (unpaired) electrons. The molecular weight excluding hydrogens is 172 g/mol. The standard InChI is InChI=1S/C9H10O.2C2H6/c10-8-4-7-9-5-2-1-3-6-9;2*1-2/h1-3,5-6,8H,4,7H2;2*1-2H3. The van der Waals surface area contributed by atoms with E-state index in [4.69, 9.17) is 0 Å². The maximum atomic E-state index is 9.98. The SMILES string of the molecule is CC.CC.O=CCCc1ccccc1. The summed E-state index contributed by atoms with van der Waals surface area (Å²) in [5, 5.41) is 0. The zero-order valence-electron chi connectivity index (χ0n) is 9.79. The van der Waals surface area contributed by atoms with Gasteiger partial charge in [-0.3, -0.25) is 0 Å². The Bertz CT molecular complexity index is 192. The monoisotopic (exact) mass is 194 g/mol. The maximum Gasteiger partial charge on any atom is 0.120 e. The van der Waals surface area contributed by atoms with Gasteiger partial charge >= 0.3 is 0 Å². The molecule has 0 heterocycles. The van der Waals surface area contributed by atoms with Crippen LogP contribution in [-0.4, -0.2) is 6.29 Å². The smallest absolute Gasteiger partial charge is 0.120 e. The molecule has 0 aliphatic rings. The third kappa shape index (κ3) is 8.98. The molecule has 1 heteroatoms. The molecule has 0 saturated carbocycles. The lowest BCUT2D eigenvalue weighted by atomic mass is 10.1. The lowest BCUT2D eigenvalue weighted by Gasteiger charge is -1.93. The van der Waals surface area contributed by atoms with Gasteiger partial charge in [-0.2, -0.15) is 0 Å². The quantitative estimate of drug-likeness (QED) is 0.667. The molecule has 14 heavy (non-hydrogen) atoms. The fourth-order valence-corrected chi connectivity index (χ4v) is 0.870. The summed E-state index contributed by atoms with van der Waals surface area (Å²) in [6.07, 6.45) is 2.45. The minimum Gasteiger partial charge on any atom is -0.303 e. The van der Waals surface area contributed by atoms with E-state index in [-0.39, 0.29) is 0 Å². The van der Waals surface area contributed by atoms with Gasteiger partial charge in [-0.15, -0.1) is 0 Å². The van der Waals surface area contributed by atoms with Gasteiger partial charge in [-0.05, 0) is 12.0 Å². The maximum absolute atomic E-state index is 9.98. The molecule has 0 bridgehead atoms. The van der Waals surface area contributed by atoms with Crippen molar-refractivity contribution >= 4 is 6.29 Å². The highest BCUT2D eigenvalue weighted by molar-refractivity contribution is 5.49. The summed E-state index contributed by atoms with van der Waals surface area (Å²) in [6, 6.07) is 10.0. The number of aryl methyl sites for hydroxylation is 1. The highest BCUT2D eigenvalue weighted by atomic mass is 16.1. The van der Waals surface area contributed by atoms with Crippen LogP contribution in [0.4, 0.5) is 0 Å². The van der Waals surface area contributed by atoms with Crippen molar-refractivity contribution in [1.82, 2.24) is 0 Å². The lowest BCUT2D eigenvalue weighted by molar-refractivity contribution is -0.107. The molecule has 80 valence electrons. The summed E-state index contributed by atoms with van der Waals surface area (Å²) in [5.74, 6) is 0. The number of aldehydes is 1. The number of hydrogen-bond donors (Lipinski definition) is 0. The number of rotatable bonds is 3. The van der Waals surface area contributed by atoms with E-state index in [0.717, 1.165) is 12.7 Å². The zero-order chi connectivity index (χ0) is 11.2. The highest BCUT2D eigenvalue weighted by Gasteiger charge is 1.87. The molecule has 0 spiro atoms. The van der Waals surface area contributed by atoms with Gasteiger partial charge in [-0.1, -0.05) is 58.0 Å². The minimum atomic E-state index is 0.629. The molecule has 0 fully saturated rings. The van der Waals surface area contributed by atoms with Crippen LogP contribution in [0.3, 0.4) is 0 Å². The third-order valence-corrected chi connectivity index (χ3v) is 1.39. The molecule has 0 amide bonds. The van der Waals surface area contributed by atoms with E-state index in [0.29, 0.717) is 6.42 Å². The van der Waals surface area contributed by atoms with Crippen LogP contribution in [0, 0.1) is 0 Å². The Hall–Kier alpha value is -1.11. The van der Waals surface area contributed by atoms with Crippen molar-refractivity contribution < 1.29 is 4.79 Å². The molecular formula is C13H22O. The predicted octanol–water partition coefficient (Wildman–Crippen LogP) is 3.87. The van der Waals surface area contributed by atoms with Crippen LogP contribution in [-0.2, 0) is 11.2 Å². The van der Waals surface area contributed by atoms with Crippen molar-refractivity contribution in [2.24, 2.45) is 0 Å². The van der Waals surface area contributed by atoms with Crippen LogP contribution in [0.5, 0.6) is 0 Å². The summed E-state index contributed by atoms with van der Waals surface area (Å²) >= 11 is 0. The van der Waals surface area contributed by atoms with Crippen LogP contribution in [0.15, 0.2) is 30.3 Å². The van der Waals surface area contributed by atoms with E-state index in [1.54, 1.807) is 0 Å². The zero-order valence-corrected chi connectivity index (χ0v) is 9.79. The average molecular weight is 194 g/mol. The molecule has 0 unspecified atom stereocenters. The Kier molecular flexibility index (Phi) is 15.8. The van der Waals surface area contributed by atoms with E-state index in [1.807, 2.05) is 58.0 Å². The molecule has 0 saturated heterocycles. The topological polar surface area (TPSA) is 17.1 Å². The summed E-state index contributed by atoms with van der Waals surface area (Å²) in [5.41, 5.74) is 1.23. The van der Waals surface area contributed by atoms with Crippen LogP contribution < -0.4 is 0 Å². The molecule has 1 aromatic carbocycles. The molecule has 0 aromatic heterocycles. The molecule has 1 aromatic rings. The molecule has 1 rings (SSSR count). The van der Waals surface area contributed by atoms with Gasteiger partial charge in [0, 0.05) is 6.42 Å². The first-order valence-corrected chi connectivity index (χ1v) is 5.41. The number of hydrogen-bond acceptors (Lipinski definition) is 1. The summed E-state index contributed by atoms with van der Waals surface area (Å²) in [7, 11) is 0.